The molecule has 7 nitrogen and oxygen atoms in total. The van der Waals surface area contributed by atoms with E-state index in [1.54, 1.807) is 30.8 Å². The van der Waals surface area contributed by atoms with Gasteiger partial charge in [-0.3, -0.25) is 9.48 Å². The number of sulfone groups is 1. The number of aromatic nitrogens is 2. The summed E-state index contributed by atoms with van der Waals surface area (Å²) in [6, 6.07) is 5.47. The lowest BCUT2D eigenvalue weighted by molar-refractivity contribution is -0.146. The summed E-state index contributed by atoms with van der Waals surface area (Å²) < 4.78 is 34.9. The molecule has 0 saturated heterocycles. The summed E-state index contributed by atoms with van der Waals surface area (Å²) in [6.45, 7) is 5.48. The molecule has 1 unspecified atom stereocenters. The molecule has 1 aromatic heterocycles. The van der Waals surface area contributed by atoms with Gasteiger partial charge in [0.1, 0.15) is 12.4 Å². The van der Waals surface area contributed by atoms with Crippen LogP contribution in [0, 0.1) is 11.8 Å². The highest BCUT2D eigenvalue weighted by atomic mass is 32.2. The van der Waals surface area contributed by atoms with Crippen molar-refractivity contribution in [3.8, 4) is 17.6 Å². The van der Waals surface area contributed by atoms with E-state index in [9.17, 15) is 13.2 Å². The largest absolute Gasteiger partial charge is 0.481 e. The highest BCUT2D eigenvalue weighted by Gasteiger charge is 2.44. The number of hydrogen-bond acceptors (Lipinski definition) is 6. The third-order valence-corrected chi connectivity index (χ3v) is 6.36. The second-order valence-corrected chi connectivity index (χ2v) is 8.75. The molecule has 1 aromatic carbocycles. The Labute approximate surface area is 159 Å². The number of benzene rings is 1. The molecule has 0 saturated carbocycles. The molecule has 0 aliphatic heterocycles. The Kier molecular flexibility index (Phi) is 6.50. The Hall–Kier alpha value is -2.53. The lowest BCUT2D eigenvalue weighted by Gasteiger charge is -2.25. The number of aryl methyl sites for hydroxylation is 1. The zero-order valence-corrected chi connectivity index (χ0v) is 16.8. The van der Waals surface area contributed by atoms with Gasteiger partial charge in [-0.05, 0) is 45.4 Å². The Bertz CT molecular complexity index is 984. The van der Waals surface area contributed by atoms with E-state index in [0.29, 0.717) is 12.4 Å². The number of ether oxygens (including phenoxy) is 2. The molecule has 0 aliphatic rings. The van der Waals surface area contributed by atoms with Crippen LogP contribution in [0.15, 0.2) is 24.4 Å². The highest BCUT2D eigenvalue weighted by molar-refractivity contribution is 7.92. The highest BCUT2D eigenvalue weighted by Crippen LogP contribution is 2.25. The molecule has 0 spiro atoms. The Balaban J connectivity index is 2.19. The number of esters is 1. The molecule has 0 fully saturated rings. The van der Waals surface area contributed by atoms with Gasteiger partial charge in [0.15, 0.2) is 14.6 Å². The van der Waals surface area contributed by atoms with Crippen molar-refractivity contribution in [2.24, 2.45) is 0 Å². The van der Waals surface area contributed by atoms with E-state index >= 15 is 0 Å². The molecule has 2 aromatic rings. The topological polar surface area (TPSA) is 87.5 Å². The molecule has 0 radical (unpaired) electrons. The lowest BCUT2D eigenvalue weighted by atomic mass is 10.1. The van der Waals surface area contributed by atoms with Gasteiger partial charge in [0, 0.05) is 24.4 Å². The maximum atomic E-state index is 12.2. The van der Waals surface area contributed by atoms with Crippen LogP contribution in [-0.4, -0.2) is 48.4 Å². The van der Waals surface area contributed by atoms with Crippen molar-refractivity contribution in [1.82, 2.24) is 9.78 Å². The van der Waals surface area contributed by atoms with Crippen molar-refractivity contribution >= 4 is 26.7 Å². The van der Waals surface area contributed by atoms with Gasteiger partial charge in [-0.2, -0.15) is 5.10 Å². The maximum Gasteiger partial charge on any atom is 0.327 e. The zero-order chi connectivity index (χ0) is 20.1. The predicted octanol–water partition coefficient (Wildman–Crippen LogP) is 2.19. The summed E-state index contributed by atoms with van der Waals surface area (Å²) >= 11 is 0. The number of carbonyl (C=O) groups is 1. The molecule has 0 bridgehead atoms. The Morgan fingerprint density at radius 2 is 2.11 bits per heavy atom. The first kappa shape index (κ1) is 20.8. The fraction of sp³-hybridized carbons (Fsp3) is 0.474. The van der Waals surface area contributed by atoms with E-state index in [4.69, 9.17) is 9.47 Å². The summed E-state index contributed by atoms with van der Waals surface area (Å²) in [7, 11) is -3.65. The molecule has 1 heterocycles. The molecule has 0 amide bonds. The van der Waals surface area contributed by atoms with Gasteiger partial charge in [0.2, 0.25) is 0 Å². The smallest absolute Gasteiger partial charge is 0.327 e. The van der Waals surface area contributed by atoms with E-state index in [0.717, 1.165) is 17.2 Å². The van der Waals surface area contributed by atoms with Crippen molar-refractivity contribution in [2.75, 3.05) is 19.5 Å². The average molecular weight is 392 g/mol. The van der Waals surface area contributed by atoms with Crippen molar-refractivity contribution < 1.29 is 22.7 Å². The first-order valence-corrected chi connectivity index (χ1v) is 10.5. The fourth-order valence-corrected chi connectivity index (χ4v) is 3.33. The van der Waals surface area contributed by atoms with Crippen molar-refractivity contribution in [2.45, 2.75) is 38.5 Å². The second kappa shape index (κ2) is 8.44. The van der Waals surface area contributed by atoms with Crippen molar-refractivity contribution in [3.63, 3.8) is 0 Å². The van der Waals surface area contributed by atoms with Crippen LogP contribution in [0.5, 0.6) is 5.75 Å². The summed E-state index contributed by atoms with van der Waals surface area (Å²) in [5.74, 6) is 5.53. The SMILES string of the molecule is CC#CCOc1ccc2nn(CCC(C)(C(=O)OCC)S(C)(=O)=O)cc2c1. The molecule has 0 aliphatic carbocycles. The molecule has 146 valence electrons. The van der Waals surface area contributed by atoms with Crippen molar-refractivity contribution in [3.05, 3.63) is 24.4 Å². The predicted molar refractivity (Wildman–Crippen MR) is 103 cm³/mol. The average Bonchev–Trinajstić information content (AvgIpc) is 3.01. The van der Waals surface area contributed by atoms with Crippen LogP contribution in [-0.2, 0) is 25.9 Å². The van der Waals surface area contributed by atoms with E-state index in [1.807, 2.05) is 12.1 Å². The van der Waals surface area contributed by atoms with Gasteiger partial charge in [-0.1, -0.05) is 5.92 Å². The van der Waals surface area contributed by atoms with E-state index in [2.05, 4.69) is 16.9 Å². The quantitative estimate of drug-likeness (QED) is 0.506. The Morgan fingerprint density at radius 3 is 2.74 bits per heavy atom. The number of nitrogens with zero attached hydrogens (tertiary/aromatic N) is 2. The van der Waals surface area contributed by atoms with Crippen LogP contribution in [0.1, 0.15) is 27.2 Å². The van der Waals surface area contributed by atoms with Gasteiger partial charge in [0.05, 0.1) is 12.1 Å². The summed E-state index contributed by atoms with van der Waals surface area (Å²) in [6.07, 6.45) is 2.90. The van der Waals surface area contributed by atoms with Crippen LogP contribution in [0.25, 0.3) is 10.9 Å². The first-order valence-electron chi connectivity index (χ1n) is 8.57. The second-order valence-electron chi connectivity index (χ2n) is 6.30. The maximum absolute atomic E-state index is 12.2. The number of rotatable bonds is 8. The molecule has 8 heteroatoms. The molecule has 27 heavy (non-hydrogen) atoms. The Morgan fingerprint density at radius 1 is 1.37 bits per heavy atom. The van der Waals surface area contributed by atoms with Gasteiger partial charge in [-0.25, -0.2) is 8.42 Å². The van der Waals surface area contributed by atoms with Gasteiger partial charge in [0.25, 0.3) is 0 Å². The molecular weight excluding hydrogens is 368 g/mol. The lowest BCUT2D eigenvalue weighted by Crippen LogP contribution is -2.45. The normalized spacial score (nSPS) is 13.5. The van der Waals surface area contributed by atoms with E-state index < -0.39 is 20.6 Å². The molecular formula is C19H24N2O5S. The first-order chi connectivity index (χ1) is 12.7. The van der Waals surface area contributed by atoms with Crippen LogP contribution in [0.4, 0.5) is 0 Å². The third-order valence-electron chi connectivity index (χ3n) is 4.35. The standard InChI is InChI=1S/C19H24N2O5S/c1-5-7-12-26-16-8-9-17-15(13-16)14-21(20-17)11-10-19(3,27(4,23)24)18(22)25-6-2/h8-9,13-14H,6,10-12H2,1-4H3. The zero-order valence-electron chi connectivity index (χ0n) is 16.0. The van der Waals surface area contributed by atoms with Crippen LogP contribution in [0.2, 0.25) is 0 Å². The summed E-state index contributed by atoms with van der Waals surface area (Å²) in [4.78, 5) is 12.2. The number of hydrogen-bond donors (Lipinski definition) is 0. The van der Waals surface area contributed by atoms with Gasteiger partial charge >= 0.3 is 5.97 Å². The minimum absolute atomic E-state index is 0.0636. The van der Waals surface area contributed by atoms with E-state index in [-0.39, 0.29) is 19.6 Å². The minimum Gasteiger partial charge on any atom is -0.481 e. The molecule has 1 atom stereocenters. The van der Waals surface area contributed by atoms with Gasteiger partial charge in [-0.15, -0.1) is 5.92 Å². The third kappa shape index (κ3) is 4.80. The fourth-order valence-electron chi connectivity index (χ4n) is 2.50. The van der Waals surface area contributed by atoms with Crippen LogP contribution >= 0.6 is 0 Å². The number of fused-ring (bicyclic) bond motifs is 1. The van der Waals surface area contributed by atoms with Crippen LogP contribution in [0.3, 0.4) is 0 Å². The van der Waals surface area contributed by atoms with Crippen molar-refractivity contribution in [1.29, 1.82) is 0 Å². The molecule has 2 rings (SSSR count). The minimum atomic E-state index is -3.65. The van der Waals surface area contributed by atoms with E-state index in [1.165, 1.54) is 6.92 Å². The molecule has 0 N–H and O–H groups in total. The van der Waals surface area contributed by atoms with Gasteiger partial charge < -0.3 is 9.47 Å². The number of carbonyl (C=O) groups excluding carboxylic acids is 1. The summed E-state index contributed by atoms with van der Waals surface area (Å²) in [5.41, 5.74) is 0.751. The van der Waals surface area contributed by atoms with Crippen LogP contribution < -0.4 is 4.74 Å². The monoisotopic (exact) mass is 392 g/mol. The summed E-state index contributed by atoms with van der Waals surface area (Å²) in [5, 5.41) is 5.28.